The van der Waals surface area contributed by atoms with Gasteiger partial charge in [0.15, 0.2) is 0 Å². The number of hydrogen-bond acceptors (Lipinski definition) is 2. The molecule has 0 radical (unpaired) electrons. The highest BCUT2D eigenvalue weighted by molar-refractivity contribution is 5.85. The third-order valence-electron chi connectivity index (χ3n) is 4.92. The molecule has 0 heterocycles. The molecule has 0 aromatic carbocycles. The molecule has 0 bridgehead atoms. The van der Waals surface area contributed by atoms with E-state index in [0.717, 1.165) is 44.6 Å². The minimum atomic E-state index is -0.717. The van der Waals surface area contributed by atoms with Crippen LogP contribution in [0.15, 0.2) is 0 Å². The van der Waals surface area contributed by atoms with Crippen molar-refractivity contribution in [3.8, 4) is 6.07 Å². The Hall–Kier alpha value is -1.04. The molecule has 0 aromatic rings. The number of amides is 1. The molecule has 19 heavy (non-hydrogen) atoms. The zero-order chi connectivity index (χ0) is 13.6. The van der Waals surface area contributed by atoms with Crippen molar-refractivity contribution in [1.29, 1.82) is 5.26 Å². The SMILES string of the molecule is N#CC1(C(=O)NCCC2CCCCC2)CCCCC1. The first-order valence-corrected chi connectivity index (χ1v) is 7.96. The number of carbonyl (C=O) groups excluding carboxylic acids is 1. The topological polar surface area (TPSA) is 52.9 Å². The summed E-state index contributed by atoms with van der Waals surface area (Å²) in [5.74, 6) is 0.781. The fourth-order valence-corrected chi connectivity index (χ4v) is 3.58. The summed E-state index contributed by atoms with van der Waals surface area (Å²) >= 11 is 0. The Morgan fingerprint density at radius 2 is 1.74 bits per heavy atom. The van der Waals surface area contributed by atoms with Crippen LogP contribution in [0.3, 0.4) is 0 Å². The van der Waals surface area contributed by atoms with Gasteiger partial charge >= 0.3 is 0 Å². The Balaban J connectivity index is 1.75. The van der Waals surface area contributed by atoms with Crippen LogP contribution in [0.25, 0.3) is 0 Å². The van der Waals surface area contributed by atoms with Gasteiger partial charge in [0, 0.05) is 6.54 Å². The summed E-state index contributed by atoms with van der Waals surface area (Å²) in [5, 5.41) is 12.4. The maximum absolute atomic E-state index is 12.3. The molecular formula is C16H26N2O. The number of nitrogens with zero attached hydrogens (tertiary/aromatic N) is 1. The fraction of sp³-hybridized carbons (Fsp3) is 0.875. The number of hydrogen-bond donors (Lipinski definition) is 1. The van der Waals surface area contributed by atoms with E-state index in [1.54, 1.807) is 0 Å². The Labute approximate surface area is 116 Å². The van der Waals surface area contributed by atoms with Gasteiger partial charge < -0.3 is 5.32 Å². The molecule has 2 aliphatic rings. The summed E-state index contributed by atoms with van der Waals surface area (Å²) in [6.45, 7) is 0.757. The first kappa shape index (κ1) is 14.4. The molecule has 0 saturated heterocycles. The monoisotopic (exact) mass is 262 g/mol. The van der Waals surface area contributed by atoms with E-state index in [2.05, 4.69) is 11.4 Å². The lowest BCUT2D eigenvalue weighted by atomic mass is 9.74. The summed E-state index contributed by atoms with van der Waals surface area (Å²) < 4.78 is 0. The second-order valence-electron chi connectivity index (χ2n) is 6.30. The number of rotatable bonds is 4. The minimum Gasteiger partial charge on any atom is -0.355 e. The van der Waals surface area contributed by atoms with Crippen LogP contribution in [-0.2, 0) is 4.79 Å². The van der Waals surface area contributed by atoms with Crippen LogP contribution in [0, 0.1) is 22.7 Å². The van der Waals surface area contributed by atoms with Gasteiger partial charge in [0.2, 0.25) is 5.91 Å². The highest BCUT2D eigenvalue weighted by atomic mass is 16.2. The van der Waals surface area contributed by atoms with Crippen molar-refractivity contribution in [2.45, 2.75) is 70.6 Å². The summed E-state index contributed by atoms with van der Waals surface area (Å²) in [4.78, 5) is 12.3. The van der Waals surface area contributed by atoms with Crippen LogP contribution >= 0.6 is 0 Å². The van der Waals surface area contributed by atoms with Gasteiger partial charge in [-0.05, 0) is 25.2 Å². The molecule has 3 nitrogen and oxygen atoms in total. The molecule has 2 aliphatic carbocycles. The molecule has 0 spiro atoms. The standard InChI is InChI=1S/C16H26N2O/c17-13-16(10-5-2-6-11-16)15(19)18-12-9-14-7-3-1-4-8-14/h14H,1-12H2,(H,18,19). The third-order valence-corrected chi connectivity index (χ3v) is 4.92. The predicted octanol–water partition coefficient (Wildman–Crippen LogP) is 3.55. The van der Waals surface area contributed by atoms with E-state index in [1.807, 2.05) is 0 Å². The summed E-state index contributed by atoms with van der Waals surface area (Å²) in [5.41, 5.74) is -0.717. The zero-order valence-corrected chi connectivity index (χ0v) is 11.9. The van der Waals surface area contributed by atoms with Gasteiger partial charge in [-0.1, -0.05) is 51.4 Å². The van der Waals surface area contributed by atoms with E-state index in [-0.39, 0.29) is 5.91 Å². The van der Waals surface area contributed by atoms with Gasteiger partial charge in [-0.25, -0.2) is 0 Å². The highest BCUT2D eigenvalue weighted by Gasteiger charge is 2.39. The fourth-order valence-electron chi connectivity index (χ4n) is 3.58. The normalized spacial score (nSPS) is 23.5. The third kappa shape index (κ3) is 3.72. The smallest absolute Gasteiger partial charge is 0.240 e. The Morgan fingerprint density at radius 3 is 2.37 bits per heavy atom. The van der Waals surface area contributed by atoms with E-state index in [1.165, 1.54) is 38.5 Å². The van der Waals surface area contributed by atoms with E-state index in [9.17, 15) is 10.1 Å². The number of nitrogens with one attached hydrogen (secondary N) is 1. The van der Waals surface area contributed by atoms with Crippen molar-refractivity contribution >= 4 is 5.91 Å². The predicted molar refractivity (Wildman–Crippen MR) is 75.3 cm³/mol. The second kappa shape index (κ2) is 6.93. The maximum atomic E-state index is 12.3. The molecule has 0 unspecified atom stereocenters. The Morgan fingerprint density at radius 1 is 1.11 bits per heavy atom. The summed E-state index contributed by atoms with van der Waals surface area (Å²) in [6, 6.07) is 2.29. The van der Waals surface area contributed by atoms with E-state index >= 15 is 0 Å². The van der Waals surface area contributed by atoms with Crippen molar-refractivity contribution in [3.63, 3.8) is 0 Å². The highest BCUT2D eigenvalue weighted by Crippen LogP contribution is 2.36. The lowest BCUT2D eigenvalue weighted by Gasteiger charge is -2.29. The minimum absolute atomic E-state index is 0.00879. The van der Waals surface area contributed by atoms with Crippen molar-refractivity contribution < 1.29 is 4.79 Å². The molecule has 0 aliphatic heterocycles. The van der Waals surface area contributed by atoms with Crippen LogP contribution in [0.5, 0.6) is 0 Å². The molecule has 3 heteroatoms. The van der Waals surface area contributed by atoms with Crippen molar-refractivity contribution in [1.82, 2.24) is 5.32 Å². The number of nitriles is 1. The quantitative estimate of drug-likeness (QED) is 0.842. The first-order chi connectivity index (χ1) is 9.27. The zero-order valence-electron chi connectivity index (χ0n) is 11.9. The molecule has 2 saturated carbocycles. The van der Waals surface area contributed by atoms with Crippen molar-refractivity contribution in [2.24, 2.45) is 11.3 Å². The average Bonchev–Trinajstić information content (AvgIpc) is 2.49. The van der Waals surface area contributed by atoms with Crippen LogP contribution in [0.1, 0.15) is 70.6 Å². The molecule has 1 amide bonds. The number of carbonyl (C=O) groups is 1. The lowest BCUT2D eigenvalue weighted by Crippen LogP contribution is -2.42. The molecule has 106 valence electrons. The lowest BCUT2D eigenvalue weighted by molar-refractivity contribution is -0.129. The van der Waals surface area contributed by atoms with E-state index in [0.29, 0.717) is 0 Å². The Kier molecular flexibility index (Phi) is 5.24. The molecule has 2 rings (SSSR count). The summed E-state index contributed by atoms with van der Waals surface area (Å²) in [6.07, 6.45) is 12.5. The first-order valence-electron chi connectivity index (χ1n) is 7.96. The molecular weight excluding hydrogens is 236 g/mol. The Bertz CT molecular complexity index is 333. The van der Waals surface area contributed by atoms with E-state index in [4.69, 9.17) is 0 Å². The van der Waals surface area contributed by atoms with Crippen molar-refractivity contribution in [2.75, 3.05) is 6.54 Å². The largest absolute Gasteiger partial charge is 0.355 e. The molecule has 2 fully saturated rings. The van der Waals surface area contributed by atoms with Crippen molar-refractivity contribution in [3.05, 3.63) is 0 Å². The second-order valence-corrected chi connectivity index (χ2v) is 6.30. The van der Waals surface area contributed by atoms with Gasteiger partial charge in [0.1, 0.15) is 5.41 Å². The van der Waals surface area contributed by atoms with Gasteiger partial charge in [0.05, 0.1) is 6.07 Å². The van der Waals surface area contributed by atoms with E-state index < -0.39 is 5.41 Å². The van der Waals surface area contributed by atoms with Crippen LogP contribution in [0.4, 0.5) is 0 Å². The average molecular weight is 262 g/mol. The maximum Gasteiger partial charge on any atom is 0.240 e. The van der Waals surface area contributed by atoms with Crippen LogP contribution in [0.2, 0.25) is 0 Å². The van der Waals surface area contributed by atoms with Gasteiger partial charge in [-0.15, -0.1) is 0 Å². The van der Waals surface area contributed by atoms with Gasteiger partial charge in [-0.2, -0.15) is 5.26 Å². The summed E-state index contributed by atoms with van der Waals surface area (Å²) in [7, 11) is 0. The van der Waals surface area contributed by atoms with Crippen LogP contribution in [-0.4, -0.2) is 12.5 Å². The molecule has 0 aromatic heterocycles. The molecule has 0 atom stereocenters. The van der Waals surface area contributed by atoms with Gasteiger partial charge in [-0.3, -0.25) is 4.79 Å². The molecule has 1 N–H and O–H groups in total. The van der Waals surface area contributed by atoms with Crippen LogP contribution < -0.4 is 5.32 Å². The van der Waals surface area contributed by atoms with Gasteiger partial charge in [0.25, 0.3) is 0 Å².